The molecular weight excluding hydrogens is 200 g/mol. The Morgan fingerprint density at radius 1 is 1.21 bits per heavy atom. The van der Waals surface area contributed by atoms with Crippen LogP contribution < -0.4 is 0 Å². The monoisotopic (exact) mass is 210 g/mol. The molecule has 0 aliphatic carbocycles. The lowest BCUT2D eigenvalue weighted by Crippen LogP contribution is -2.29. The second-order valence-electron chi connectivity index (χ2n) is 2.13. The first-order valence-electron chi connectivity index (χ1n) is 3.72. The first kappa shape index (κ1) is 12.4. The molecule has 0 aromatic carbocycles. The molecule has 0 saturated carbocycles. The van der Waals surface area contributed by atoms with Gasteiger partial charge >= 0.3 is 0 Å². The van der Waals surface area contributed by atoms with Crippen molar-refractivity contribution in [2.24, 2.45) is 0 Å². The Kier molecular flexibility index (Phi) is 6.03. The van der Waals surface area contributed by atoms with Crippen LogP contribution in [0.3, 0.4) is 0 Å². The largest absolute Gasteiger partial charge is 0.379 e. The van der Waals surface area contributed by atoms with E-state index in [1.807, 2.05) is 0 Å². The molecule has 0 saturated heterocycles. The molecule has 9 nitrogen and oxygen atoms in total. The van der Waals surface area contributed by atoms with Crippen LogP contribution in [0.2, 0.25) is 0 Å². The normalized spacial score (nSPS) is 11.8. The molecule has 1 atom stereocenters. The predicted octanol–water partition coefficient (Wildman–Crippen LogP) is -0.192. The van der Waals surface area contributed by atoms with Crippen molar-refractivity contribution in [1.29, 1.82) is 0 Å². The summed E-state index contributed by atoms with van der Waals surface area (Å²) >= 11 is 0. The van der Waals surface area contributed by atoms with E-state index in [1.54, 1.807) is 6.92 Å². The Balaban J connectivity index is 3.83. The highest BCUT2D eigenvalue weighted by Crippen LogP contribution is 1.95. The quantitative estimate of drug-likeness (QED) is 0.402. The average molecular weight is 210 g/mol. The zero-order chi connectivity index (χ0) is 11.0. The minimum Gasteiger partial charge on any atom is -0.379 e. The van der Waals surface area contributed by atoms with Gasteiger partial charge < -0.3 is 14.4 Å². The fourth-order valence-electron chi connectivity index (χ4n) is 0.624. The molecule has 0 rings (SSSR count). The minimum atomic E-state index is -1.09. The molecule has 0 N–H and O–H groups in total. The summed E-state index contributed by atoms with van der Waals surface area (Å²) in [5.74, 6) is 0. The van der Waals surface area contributed by atoms with Crippen LogP contribution in [0.5, 0.6) is 0 Å². The SMILES string of the molecule is CCOCC(CO[N+](=O)[O-])O[N+](=O)[O-]. The van der Waals surface area contributed by atoms with Crippen molar-refractivity contribution in [2.75, 3.05) is 19.8 Å². The van der Waals surface area contributed by atoms with Crippen LogP contribution in [0.25, 0.3) is 0 Å². The molecule has 14 heavy (non-hydrogen) atoms. The van der Waals surface area contributed by atoms with Crippen molar-refractivity contribution in [2.45, 2.75) is 13.0 Å². The van der Waals surface area contributed by atoms with Gasteiger partial charge in [-0.2, -0.15) is 0 Å². The molecule has 0 amide bonds. The third kappa shape index (κ3) is 7.03. The first-order valence-corrected chi connectivity index (χ1v) is 3.72. The molecule has 0 aromatic heterocycles. The van der Waals surface area contributed by atoms with Gasteiger partial charge in [-0.25, -0.2) is 0 Å². The third-order valence-electron chi connectivity index (χ3n) is 1.11. The molecule has 9 heteroatoms. The van der Waals surface area contributed by atoms with Crippen LogP contribution in [0.4, 0.5) is 0 Å². The van der Waals surface area contributed by atoms with Gasteiger partial charge in [-0.3, -0.25) is 0 Å². The summed E-state index contributed by atoms with van der Waals surface area (Å²) in [6.45, 7) is 1.34. The summed E-state index contributed by atoms with van der Waals surface area (Å²) < 4.78 is 4.80. The van der Waals surface area contributed by atoms with E-state index in [1.165, 1.54) is 0 Å². The van der Waals surface area contributed by atoms with Gasteiger partial charge in [0.05, 0.1) is 6.61 Å². The van der Waals surface area contributed by atoms with E-state index in [9.17, 15) is 20.2 Å². The summed E-state index contributed by atoms with van der Waals surface area (Å²) in [4.78, 5) is 27.7. The lowest BCUT2D eigenvalue weighted by atomic mass is 10.4. The second-order valence-corrected chi connectivity index (χ2v) is 2.13. The molecule has 0 fully saturated rings. The lowest BCUT2D eigenvalue weighted by molar-refractivity contribution is -0.790. The molecule has 0 bridgehead atoms. The molecule has 0 aliphatic heterocycles. The smallest absolute Gasteiger partial charge is 0.294 e. The maximum Gasteiger partial charge on any atom is 0.294 e. The van der Waals surface area contributed by atoms with Crippen LogP contribution in [0, 0.1) is 20.2 Å². The number of rotatable bonds is 8. The van der Waals surface area contributed by atoms with Crippen molar-refractivity contribution in [3.8, 4) is 0 Å². The second kappa shape index (κ2) is 6.83. The van der Waals surface area contributed by atoms with E-state index < -0.39 is 22.9 Å². The van der Waals surface area contributed by atoms with Gasteiger partial charge in [0.25, 0.3) is 10.2 Å². The van der Waals surface area contributed by atoms with Gasteiger partial charge in [0, 0.05) is 6.61 Å². The molecule has 0 aliphatic rings. The topological polar surface area (TPSA) is 114 Å². The zero-order valence-corrected chi connectivity index (χ0v) is 7.45. The van der Waals surface area contributed by atoms with Crippen molar-refractivity contribution in [3.05, 3.63) is 20.2 Å². The number of nitrogens with zero attached hydrogens (tertiary/aromatic N) is 2. The van der Waals surface area contributed by atoms with Crippen LogP contribution in [-0.4, -0.2) is 36.1 Å². The van der Waals surface area contributed by atoms with Crippen LogP contribution in [0.1, 0.15) is 6.92 Å². The Morgan fingerprint density at radius 3 is 2.29 bits per heavy atom. The molecule has 0 spiro atoms. The fourth-order valence-corrected chi connectivity index (χ4v) is 0.624. The van der Waals surface area contributed by atoms with Crippen molar-refractivity contribution < 1.29 is 24.6 Å². The van der Waals surface area contributed by atoms with Crippen LogP contribution >= 0.6 is 0 Å². The van der Waals surface area contributed by atoms with E-state index in [-0.39, 0.29) is 6.61 Å². The van der Waals surface area contributed by atoms with Gasteiger partial charge in [0.15, 0.2) is 6.10 Å². The molecule has 0 heterocycles. The summed E-state index contributed by atoms with van der Waals surface area (Å²) in [5, 5.41) is 17.6. The highest BCUT2D eigenvalue weighted by atomic mass is 17.0. The number of hydrogen-bond donors (Lipinski definition) is 0. The van der Waals surface area contributed by atoms with Crippen LogP contribution in [0.15, 0.2) is 0 Å². The van der Waals surface area contributed by atoms with Gasteiger partial charge in [-0.15, -0.1) is 20.2 Å². The van der Waals surface area contributed by atoms with E-state index in [0.717, 1.165) is 0 Å². The molecule has 0 aromatic rings. The number of hydrogen-bond acceptors (Lipinski definition) is 7. The standard InChI is InChI=1S/C5H10N2O7/c1-2-12-3-5(14-7(10)11)4-13-6(8)9/h5H,2-4H2,1H3. The van der Waals surface area contributed by atoms with Crippen molar-refractivity contribution >= 4 is 0 Å². The first-order chi connectivity index (χ1) is 6.56. The van der Waals surface area contributed by atoms with E-state index in [2.05, 4.69) is 9.68 Å². The predicted molar refractivity (Wildman–Crippen MR) is 41.3 cm³/mol. The van der Waals surface area contributed by atoms with Crippen molar-refractivity contribution in [1.82, 2.24) is 0 Å². The Morgan fingerprint density at radius 2 is 1.86 bits per heavy atom. The Hall–Kier alpha value is -1.64. The summed E-state index contributed by atoms with van der Waals surface area (Å²) in [6, 6.07) is 0. The van der Waals surface area contributed by atoms with Gasteiger partial charge in [-0.1, -0.05) is 0 Å². The molecular formula is C5H10N2O7. The average Bonchev–Trinajstić information content (AvgIpc) is 2.09. The Labute approximate surface area is 78.8 Å². The zero-order valence-electron chi connectivity index (χ0n) is 7.45. The summed E-state index contributed by atoms with van der Waals surface area (Å²) in [6.07, 6.45) is -1.09. The van der Waals surface area contributed by atoms with Gasteiger partial charge in [-0.05, 0) is 6.92 Å². The summed E-state index contributed by atoms with van der Waals surface area (Å²) in [5.41, 5.74) is 0. The van der Waals surface area contributed by atoms with E-state index in [0.29, 0.717) is 6.61 Å². The maximum atomic E-state index is 9.92. The van der Waals surface area contributed by atoms with E-state index >= 15 is 0 Å². The molecule has 1 unspecified atom stereocenters. The molecule has 0 radical (unpaired) electrons. The molecule has 82 valence electrons. The van der Waals surface area contributed by atoms with E-state index in [4.69, 9.17) is 4.74 Å². The fraction of sp³-hybridized carbons (Fsp3) is 1.00. The Bertz CT molecular complexity index is 197. The van der Waals surface area contributed by atoms with Crippen LogP contribution in [-0.2, 0) is 14.4 Å². The minimum absolute atomic E-state index is 0.134. The van der Waals surface area contributed by atoms with Gasteiger partial charge in [0.1, 0.15) is 6.61 Å². The maximum absolute atomic E-state index is 9.92. The number of ether oxygens (including phenoxy) is 1. The highest BCUT2D eigenvalue weighted by Gasteiger charge is 2.15. The van der Waals surface area contributed by atoms with Gasteiger partial charge in [0.2, 0.25) is 0 Å². The lowest BCUT2D eigenvalue weighted by Gasteiger charge is -2.12. The third-order valence-corrected chi connectivity index (χ3v) is 1.11. The summed E-state index contributed by atoms with van der Waals surface area (Å²) in [7, 11) is 0. The highest BCUT2D eigenvalue weighted by molar-refractivity contribution is 4.50. The van der Waals surface area contributed by atoms with Crippen molar-refractivity contribution in [3.63, 3.8) is 0 Å².